The second-order valence-electron chi connectivity index (χ2n) is 3.55. The standard InChI is InChI=1S/C9H13BrN4OS/c1-5(7(11)16)3-14(2)8-6(10)9(15)13-4-12-8/h4-5H,3H2,1-2H3,(H2,11,16)(H,12,13,15). The van der Waals surface area contributed by atoms with Crippen LogP contribution in [0.4, 0.5) is 5.82 Å². The number of hydrogen-bond acceptors (Lipinski definition) is 4. The molecule has 1 aromatic heterocycles. The molecule has 3 N–H and O–H groups in total. The molecule has 0 saturated heterocycles. The first-order valence-electron chi connectivity index (χ1n) is 4.67. The lowest BCUT2D eigenvalue weighted by Crippen LogP contribution is -2.32. The fourth-order valence-electron chi connectivity index (χ4n) is 1.23. The van der Waals surface area contributed by atoms with Crippen molar-refractivity contribution in [1.29, 1.82) is 0 Å². The molecule has 0 saturated carbocycles. The Kier molecular flexibility index (Phi) is 4.43. The molecule has 7 heteroatoms. The molecule has 1 atom stereocenters. The molecule has 1 unspecified atom stereocenters. The van der Waals surface area contributed by atoms with Crippen molar-refractivity contribution in [2.45, 2.75) is 6.92 Å². The van der Waals surface area contributed by atoms with Crippen LogP contribution in [-0.2, 0) is 0 Å². The number of nitrogens with zero attached hydrogens (tertiary/aromatic N) is 2. The molecule has 0 radical (unpaired) electrons. The van der Waals surface area contributed by atoms with E-state index in [2.05, 4.69) is 25.9 Å². The third-order valence-electron chi connectivity index (χ3n) is 2.17. The Labute approximate surface area is 107 Å². The van der Waals surface area contributed by atoms with Gasteiger partial charge in [-0.25, -0.2) is 4.98 Å². The number of H-pyrrole nitrogens is 1. The topological polar surface area (TPSA) is 75.0 Å². The molecule has 1 heterocycles. The molecule has 0 spiro atoms. The van der Waals surface area contributed by atoms with Gasteiger partial charge in [-0.15, -0.1) is 0 Å². The number of aromatic nitrogens is 2. The number of nitrogens with two attached hydrogens (primary N) is 1. The number of hydrogen-bond donors (Lipinski definition) is 2. The Hall–Kier alpha value is -0.950. The molecule has 5 nitrogen and oxygen atoms in total. The molecule has 0 amide bonds. The van der Waals surface area contributed by atoms with E-state index in [4.69, 9.17) is 18.0 Å². The largest absolute Gasteiger partial charge is 0.393 e. The van der Waals surface area contributed by atoms with Crippen LogP contribution < -0.4 is 16.2 Å². The van der Waals surface area contributed by atoms with E-state index in [9.17, 15) is 4.79 Å². The van der Waals surface area contributed by atoms with Crippen LogP contribution >= 0.6 is 28.1 Å². The summed E-state index contributed by atoms with van der Waals surface area (Å²) in [5, 5.41) is 0. The molecule has 88 valence electrons. The van der Waals surface area contributed by atoms with E-state index in [1.54, 1.807) is 0 Å². The maximum absolute atomic E-state index is 11.3. The fourth-order valence-corrected chi connectivity index (χ4v) is 1.82. The third kappa shape index (κ3) is 3.02. The fraction of sp³-hybridized carbons (Fsp3) is 0.444. The van der Waals surface area contributed by atoms with Crippen LogP contribution in [0.5, 0.6) is 0 Å². The second-order valence-corrected chi connectivity index (χ2v) is 4.82. The van der Waals surface area contributed by atoms with Crippen LogP contribution in [0, 0.1) is 5.92 Å². The zero-order valence-electron chi connectivity index (χ0n) is 9.03. The lowest BCUT2D eigenvalue weighted by molar-refractivity contribution is 0.732. The summed E-state index contributed by atoms with van der Waals surface area (Å²) in [5.74, 6) is 0.639. The highest BCUT2D eigenvalue weighted by Crippen LogP contribution is 2.18. The summed E-state index contributed by atoms with van der Waals surface area (Å²) < 4.78 is 0.410. The summed E-state index contributed by atoms with van der Waals surface area (Å²) in [5.41, 5.74) is 5.33. The van der Waals surface area contributed by atoms with Crippen LogP contribution in [0.1, 0.15) is 6.92 Å². The van der Waals surface area contributed by atoms with E-state index in [1.807, 2.05) is 18.9 Å². The van der Waals surface area contributed by atoms with Crippen LogP contribution in [0.25, 0.3) is 0 Å². The van der Waals surface area contributed by atoms with Crippen LogP contribution in [0.3, 0.4) is 0 Å². The quantitative estimate of drug-likeness (QED) is 0.808. The van der Waals surface area contributed by atoms with Gasteiger partial charge in [0.25, 0.3) is 5.56 Å². The smallest absolute Gasteiger partial charge is 0.267 e. The van der Waals surface area contributed by atoms with Crippen molar-refractivity contribution in [3.8, 4) is 0 Å². The molecule has 1 aromatic rings. The van der Waals surface area contributed by atoms with Crippen LogP contribution in [-0.4, -0.2) is 28.5 Å². The van der Waals surface area contributed by atoms with E-state index in [0.29, 0.717) is 21.8 Å². The summed E-state index contributed by atoms with van der Waals surface area (Å²) in [4.78, 5) is 20.2. The minimum atomic E-state index is -0.208. The Balaban J connectivity index is 2.89. The van der Waals surface area contributed by atoms with E-state index >= 15 is 0 Å². The van der Waals surface area contributed by atoms with Crippen molar-refractivity contribution in [1.82, 2.24) is 9.97 Å². The lowest BCUT2D eigenvalue weighted by atomic mass is 10.2. The van der Waals surface area contributed by atoms with E-state index < -0.39 is 0 Å². The summed E-state index contributed by atoms with van der Waals surface area (Å²) in [6.45, 7) is 2.55. The van der Waals surface area contributed by atoms with Gasteiger partial charge in [-0.1, -0.05) is 19.1 Å². The Morgan fingerprint density at radius 1 is 1.81 bits per heavy atom. The van der Waals surface area contributed by atoms with Crippen molar-refractivity contribution in [2.75, 3.05) is 18.5 Å². The molecule has 1 rings (SSSR count). The van der Waals surface area contributed by atoms with Crippen LogP contribution in [0.15, 0.2) is 15.6 Å². The molecule has 0 bridgehead atoms. The van der Waals surface area contributed by atoms with Gasteiger partial charge in [-0.05, 0) is 15.9 Å². The Morgan fingerprint density at radius 2 is 2.44 bits per heavy atom. The minimum Gasteiger partial charge on any atom is -0.393 e. The highest BCUT2D eigenvalue weighted by atomic mass is 79.9. The van der Waals surface area contributed by atoms with Gasteiger partial charge < -0.3 is 15.6 Å². The van der Waals surface area contributed by atoms with Crippen LogP contribution in [0.2, 0.25) is 0 Å². The second kappa shape index (κ2) is 5.40. The molecular weight excluding hydrogens is 292 g/mol. The Bertz CT molecular complexity index is 447. The zero-order chi connectivity index (χ0) is 12.3. The van der Waals surface area contributed by atoms with Gasteiger partial charge in [0.1, 0.15) is 10.3 Å². The monoisotopic (exact) mass is 304 g/mol. The molecule has 16 heavy (non-hydrogen) atoms. The van der Waals surface area contributed by atoms with Gasteiger partial charge >= 0.3 is 0 Å². The van der Waals surface area contributed by atoms with Gasteiger partial charge in [0.2, 0.25) is 0 Å². The molecule has 0 aromatic carbocycles. The van der Waals surface area contributed by atoms with Gasteiger partial charge in [-0.2, -0.15) is 0 Å². The van der Waals surface area contributed by atoms with Crippen molar-refractivity contribution in [3.05, 3.63) is 21.2 Å². The zero-order valence-corrected chi connectivity index (χ0v) is 11.4. The molecule has 0 aliphatic rings. The third-order valence-corrected chi connectivity index (χ3v) is 3.29. The summed E-state index contributed by atoms with van der Waals surface area (Å²) in [6, 6.07) is 0. The van der Waals surface area contributed by atoms with E-state index in [-0.39, 0.29) is 11.5 Å². The summed E-state index contributed by atoms with van der Waals surface area (Å²) in [6.07, 6.45) is 1.37. The number of thiocarbonyl (C=S) groups is 1. The van der Waals surface area contributed by atoms with Gasteiger partial charge in [0.05, 0.1) is 11.3 Å². The van der Waals surface area contributed by atoms with Crippen molar-refractivity contribution in [3.63, 3.8) is 0 Å². The SMILES string of the molecule is CC(CN(C)c1nc[nH]c(=O)c1Br)C(N)=S. The first kappa shape index (κ1) is 13.1. The highest BCUT2D eigenvalue weighted by Gasteiger charge is 2.14. The maximum atomic E-state index is 11.3. The predicted molar refractivity (Wildman–Crippen MR) is 71.8 cm³/mol. The van der Waals surface area contributed by atoms with Crippen molar-refractivity contribution in [2.24, 2.45) is 11.7 Å². The number of anilines is 1. The molecule has 0 fully saturated rings. The minimum absolute atomic E-state index is 0.0630. The highest BCUT2D eigenvalue weighted by molar-refractivity contribution is 9.10. The first-order chi connectivity index (χ1) is 7.43. The maximum Gasteiger partial charge on any atom is 0.267 e. The molecular formula is C9H13BrN4OS. The van der Waals surface area contributed by atoms with E-state index in [0.717, 1.165) is 0 Å². The number of aromatic amines is 1. The summed E-state index contributed by atoms with van der Waals surface area (Å²) >= 11 is 8.09. The van der Waals surface area contributed by atoms with Crippen molar-refractivity contribution < 1.29 is 0 Å². The lowest BCUT2D eigenvalue weighted by Gasteiger charge is -2.22. The van der Waals surface area contributed by atoms with Gasteiger partial charge in [0, 0.05) is 19.5 Å². The first-order valence-corrected chi connectivity index (χ1v) is 5.87. The average Bonchev–Trinajstić information content (AvgIpc) is 2.21. The summed E-state index contributed by atoms with van der Waals surface area (Å²) in [7, 11) is 1.83. The number of halogens is 1. The van der Waals surface area contributed by atoms with Gasteiger partial charge in [0.15, 0.2) is 0 Å². The number of nitrogens with one attached hydrogen (secondary N) is 1. The number of rotatable bonds is 4. The van der Waals surface area contributed by atoms with Gasteiger partial charge in [-0.3, -0.25) is 4.79 Å². The van der Waals surface area contributed by atoms with Crippen molar-refractivity contribution >= 4 is 39.0 Å². The normalized spacial score (nSPS) is 12.2. The Morgan fingerprint density at radius 3 is 3.00 bits per heavy atom. The average molecular weight is 305 g/mol. The molecule has 0 aliphatic carbocycles. The molecule has 0 aliphatic heterocycles. The van der Waals surface area contributed by atoms with E-state index in [1.165, 1.54) is 6.33 Å². The predicted octanol–water partition coefficient (Wildman–Crippen LogP) is 0.891.